The number of ether oxygens (including phenoxy) is 1. The number of hydrogen-bond acceptors (Lipinski definition) is 4. The standard InChI is InChI=1S/C21H22ClFN4O2/c1-13(2)14-10-24-19-16(11-25-27(19)12-14)20(28)26-21(5-7-29-8-6-21)17-4-3-15(23)9-18(17)22/h3-4,9-13H,5-8H2,1-2H3,(H,26,28). The lowest BCUT2D eigenvalue weighted by atomic mass is 9.82. The van der Waals surface area contributed by atoms with Gasteiger partial charge in [-0.15, -0.1) is 0 Å². The summed E-state index contributed by atoms with van der Waals surface area (Å²) in [6.45, 7) is 5.08. The summed E-state index contributed by atoms with van der Waals surface area (Å²) in [5.74, 6) is -0.410. The Balaban J connectivity index is 1.70. The van der Waals surface area contributed by atoms with E-state index in [9.17, 15) is 9.18 Å². The monoisotopic (exact) mass is 416 g/mol. The van der Waals surface area contributed by atoms with Crippen LogP contribution >= 0.6 is 11.6 Å². The van der Waals surface area contributed by atoms with Gasteiger partial charge in [-0.25, -0.2) is 13.9 Å². The molecule has 1 N–H and O–H groups in total. The first-order valence-corrected chi connectivity index (χ1v) is 9.96. The van der Waals surface area contributed by atoms with Gasteiger partial charge < -0.3 is 10.1 Å². The molecule has 152 valence electrons. The number of halogens is 2. The van der Waals surface area contributed by atoms with E-state index >= 15 is 0 Å². The number of benzene rings is 1. The maximum absolute atomic E-state index is 13.6. The second-order valence-electron chi connectivity index (χ2n) is 7.64. The lowest BCUT2D eigenvalue weighted by molar-refractivity contribution is 0.0346. The Morgan fingerprint density at radius 3 is 2.76 bits per heavy atom. The van der Waals surface area contributed by atoms with Crippen LogP contribution in [0.15, 0.2) is 36.8 Å². The summed E-state index contributed by atoms with van der Waals surface area (Å²) >= 11 is 6.34. The molecule has 0 radical (unpaired) electrons. The third kappa shape index (κ3) is 3.72. The lowest BCUT2D eigenvalue weighted by Crippen LogP contribution is -2.49. The smallest absolute Gasteiger partial charge is 0.257 e. The summed E-state index contributed by atoms with van der Waals surface area (Å²) in [4.78, 5) is 17.6. The molecule has 3 aromatic rings. The maximum Gasteiger partial charge on any atom is 0.257 e. The molecule has 6 nitrogen and oxygen atoms in total. The van der Waals surface area contributed by atoms with Crippen molar-refractivity contribution in [3.05, 3.63) is 64.3 Å². The Kier molecular flexibility index (Phi) is 5.27. The van der Waals surface area contributed by atoms with Gasteiger partial charge in [-0.1, -0.05) is 31.5 Å². The van der Waals surface area contributed by atoms with Crippen LogP contribution in [0.25, 0.3) is 5.65 Å². The summed E-state index contributed by atoms with van der Waals surface area (Å²) in [5.41, 5.74) is 1.84. The van der Waals surface area contributed by atoms with Crippen LogP contribution in [0.3, 0.4) is 0 Å². The third-order valence-electron chi connectivity index (χ3n) is 5.43. The second kappa shape index (κ2) is 7.72. The lowest BCUT2D eigenvalue weighted by Gasteiger charge is -2.39. The van der Waals surface area contributed by atoms with Crippen molar-refractivity contribution in [1.29, 1.82) is 0 Å². The van der Waals surface area contributed by atoms with Crippen molar-refractivity contribution in [2.45, 2.75) is 38.1 Å². The summed E-state index contributed by atoms with van der Waals surface area (Å²) in [6, 6.07) is 4.26. The Morgan fingerprint density at radius 1 is 1.31 bits per heavy atom. The summed E-state index contributed by atoms with van der Waals surface area (Å²) in [7, 11) is 0. The molecule has 2 aromatic heterocycles. The first-order valence-electron chi connectivity index (χ1n) is 9.59. The van der Waals surface area contributed by atoms with Gasteiger partial charge in [-0.2, -0.15) is 5.10 Å². The van der Waals surface area contributed by atoms with E-state index in [1.165, 1.54) is 18.3 Å². The predicted octanol–water partition coefficient (Wildman–Crippen LogP) is 4.08. The number of hydrogen-bond donors (Lipinski definition) is 1. The minimum Gasteiger partial charge on any atom is -0.381 e. The van der Waals surface area contributed by atoms with Crippen molar-refractivity contribution in [1.82, 2.24) is 19.9 Å². The average Bonchev–Trinajstić information content (AvgIpc) is 3.12. The molecule has 3 heterocycles. The molecule has 0 aliphatic carbocycles. The van der Waals surface area contributed by atoms with E-state index < -0.39 is 11.4 Å². The number of carbonyl (C=O) groups excluding carboxylic acids is 1. The molecule has 0 saturated carbocycles. The van der Waals surface area contributed by atoms with Crippen molar-refractivity contribution in [2.24, 2.45) is 0 Å². The average molecular weight is 417 g/mol. The molecule has 8 heteroatoms. The number of rotatable bonds is 4. The fraction of sp³-hybridized carbons (Fsp3) is 0.381. The van der Waals surface area contributed by atoms with Crippen molar-refractivity contribution in [3.8, 4) is 0 Å². The first kappa shape index (κ1) is 19.8. The highest BCUT2D eigenvalue weighted by Crippen LogP contribution is 2.37. The number of nitrogens with one attached hydrogen (secondary N) is 1. The van der Waals surface area contributed by atoms with Gasteiger partial charge >= 0.3 is 0 Å². The van der Waals surface area contributed by atoms with E-state index in [0.29, 0.717) is 48.7 Å². The topological polar surface area (TPSA) is 68.5 Å². The SMILES string of the molecule is CC(C)c1cnc2c(C(=O)NC3(c4ccc(F)cc4Cl)CCOCC3)cnn2c1. The Bertz CT molecular complexity index is 1060. The minimum absolute atomic E-state index is 0.284. The van der Waals surface area contributed by atoms with E-state index in [4.69, 9.17) is 16.3 Å². The molecular formula is C21H22ClFN4O2. The number of nitrogens with zero attached hydrogens (tertiary/aromatic N) is 3. The van der Waals surface area contributed by atoms with Crippen LogP contribution in [0.1, 0.15) is 54.1 Å². The van der Waals surface area contributed by atoms with Crippen LogP contribution in [-0.2, 0) is 10.3 Å². The largest absolute Gasteiger partial charge is 0.381 e. The number of carbonyl (C=O) groups is 1. The van der Waals surface area contributed by atoms with Gasteiger partial charge in [-0.3, -0.25) is 4.79 Å². The van der Waals surface area contributed by atoms with E-state index in [1.54, 1.807) is 16.8 Å². The van der Waals surface area contributed by atoms with Crippen molar-refractivity contribution < 1.29 is 13.9 Å². The molecule has 1 aliphatic heterocycles. The number of aromatic nitrogens is 3. The minimum atomic E-state index is -0.744. The number of fused-ring (bicyclic) bond motifs is 1. The second-order valence-corrected chi connectivity index (χ2v) is 8.05. The fourth-order valence-electron chi connectivity index (χ4n) is 3.69. The molecule has 1 saturated heterocycles. The fourth-order valence-corrected chi connectivity index (χ4v) is 4.04. The molecule has 1 aromatic carbocycles. The molecular weight excluding hydrogens is 395 g/mol. The van der Waals surface area contributed by atoms with Crippen LogP contribution in [0.5, 0.6) is 0 Å². The van der Waals surface area contributed by atoms with E-state index in [-0.39, 0.29) is 10.9 Å². The highest BCUT2D eigenvalue weighted by molar-refractivity contribution is 6.31. The first-order chi connectivity index (χ1) is 13.9. The summed E-state index contributed by atoms with van der Waals surface area (Å²) in [6.07, 6.45) is 6.23. The van der Waals surface area contributed by atoms with Crippen LogP contribution in [-0.4, -0.2) is 33.7 Å². The molecule has 0 unspecified atom stereocenters. The predicted molar refractivity (Wildman–Crippen MR) is 108 cm³/mol. The molecule has 1 aliphatic rings. The van der Waals surface area contributed by atoms with Crippen molar-refractivity contribution in [2.75, 3.05) is 13.2 Å². The van der Waals surface area contributed by atoms with Crippen molar-refractivity contribution in [3.63, 3.8) is 0 Å². The van der Waals surface area contributed by atoms with Crippen molar-refractivity contribution >= 4 is 23.2 Å². The van der Waals surface area contributed by atoms with E-state index in [0.717, 1.165) is 5.56 Å². The Hall–Kier alpha value is -2.51. The van der Waals surface area contributed by atoms with E-state index in [2.05, 4.69) is 29.2 Å². The summed E-state index contributed by atoms with van der Waals surface area (Å²) < 4.78 is 20.7. The highest BCUT2D eigenvalue weighted by Gasteiger charge is 2.38. The zero-order chi connectivity index (χ0) is 20.6. The quantitative estimate of drug-likeness (QED) is 0.695. The van der Waals surface area contributed by atoms with E-state index in [1.807, 2.05) is 6.20 Å². The van der Waals surface area contributed by atoms with Gasteiger partial charge in [0, 0.05) is 30.6 Å². The van der Waals surface area contributed by atoms with Crippen LogP contribution in [0.2, 0.25) is 5.02 Å². The van der Waals surface area contributed by atoms with Gasteiger partial charge in [0.25, 0.3) is 5.91 Å². The van der Waals surface area contributed by atoms with Gasteiger partial charge in [0.15, 0.2) is 5.65 Å². The summed E-state index contributed by atoms with van der Waals surface area (Å²) in [5, 5.41) is 7.70. The Labute approximate surface area is 173 Å². The zero-order valence-electron chi connectivity index (χ0n) is 16.3. The Morgan fingerprint density at radius 2 is 2.07 bits per heavy atom. The van der Waals surface area contributed by atoms with Crippen LogP contribution < -0.4 is 5.32 Å². The highest BCUT2D eigenvalue weighted by atomic mass is 35.5. The van der Waals surface area contributed by atoms with Gasteiger partial charge in [0.2, 0.25) is 0 Å². The molecule has 29 heavy (non-hydrogen) atoms. The van der Waals surface area contributed by atoms with Gasteiger partial charge in [-0.05, 0) is 42.0 Å². The van der Waals surface area contributed by atoms with Crippen LogP contribution in [0, 0.1) is 5.82 Å². The molecule has 1 fully saturated rings. The van der Waals surface area contributed by atoms with Gasteiger partial charge in [0.05, 0.1) is 11.7 Å². The van der Waals surface area contributed by atoms with Gasteiger partial charge in [0.1, 0.15) is 11.4 Å². The molecule has 4 rings (SSSR count). The molecule has 0 atom stereocenters. The third-order valence-corrected chi connectivity index (χ3v) is 5.75. The normalized spacial score (nSPS) is 16.3. The van der Waals surface area contributed by atoms with Crippen LogP contribution in [0.4, 0.5) is 4.39 Å². The molecule has 0 bridgehead atoms. The zero-order valence-corrected chi connectivity index (χ0v) is 17.0. The molecule has 0 spiro atoms. The molecule has 1 amide bonds. The maximum atomic E-state index is 13.6. The number of amides is 1.